The molecular weight excluding hydrogens is 548 g/mol. The van der Waals surface area contributed by atoms with Crippen LogP contribution in [0.3, 0.4) is 0 Å². The molecule has 0 saturated carbocycles. The lowest BCUT2D eigenvalue weighted by atomic mass is 10.00. The first-order valence-electron chi connectivity index (χ1n) is 12.3. The van der Waals surface area contributed by atoms with Gasteiger partial charge in [-0.3, -0.25) is 19.2 Å². The summed E-state index contributed by atoms with van der Waals surface area (Å²) in [6, 6.07) is 14.3. The molecular formula is C28H28N6O4S2. The molecule has 4 aromatic rings. The van der Waals surface area contributed by atoms with Crippen LogP contribution in [0.5, 0.6) is 0 Å². The van der Waals surface area contributed by atoms with E-state index in [0.29, 0.717) is 33.1 Å². The summed E-state index contributed by atoms with van der Waals surface area (Å²) in [5.74, 6) is -0.192. The maximum absolute atomic E-state index is 12.5. The van der Waals surface area contributed by atoms with Crippen molar-refractivity contribution in [1.82, 2.24) is 19.9 Å². The van der Waals surface area contributed by atoms with Crippen LogP contribution in [-0.2, 0) is 9.59 Å². The molecule has 2 heterocycles. The van der Waals surface area contributed by atoms with Crippen molar-refractivity contribution in [2.24, 2.45) is 0 Å². The fraction of sp³-hybridized carbons (Fsp3) is 0.214. The summed E-state index contributed by atoms with van der Waals surface area (Å²) in [7, 11) is 0. The Balaban J connectivity index is 1.35. The second-order valence-electron chi connectivity index (χ2n) is 9.12. The second kappa shape index (κ2) is 12.8. The minimum atomic E-state index is -0.249. The molecule has 4 N–H and O–H groups in total. The fourth-order valence-electron chi connectivity index (χ4n) is 3.85. The molecule has 4 rings (SSSR count). The number of nitrogens with zero attached hydrogens (tertiary/aromatic N) is 2. The molecule has 2 aromatic carbocycles. The lowest BCUT2D eigenvalue weighted by molar-refractivity contribution is -0.114. The lowest BCUT2D eigenvalue weighted by Crippen LogP contribution is -2.16. The molecule has 10 nitrogen and oxygen atoms in total. The van der Waals surface area contributed by atoms with Gasteiger partial charge >= 0.3 is 0 Å². The average molecular weight is 577 g/mol. The quantitative estimate of drug-likeness (QED) is 0.171. The number of hydrogen-bond acceptors (Lipinski definition) is 8. The van der Waals surface area contributed by atoms with Crippen LogP contribution >= 0.6 is 23.5 Å². The first kappa shape index (κ1) is 28.8. The van der Waals surface area contributed by atoms with Gasteiger partial charge in [0, 0.05) is 34.9 Å². The van der Waals surface area contributed by atoms with Gasteiger partial charge in [-0.1, -0.05) is 35.7 Å². The molecule has 2 amide bonds. The SMILES string of the molecule is Cc1cc(=O)[nH]c(SCC(=O)Nc2ccc(-c3ccc(NC(=O)CSc4nc(C)cc(=O)[nH]4)c(C)c3)cc2C)n1. The predicted octanol–water partition coefficient (Wildman–Crippen LogP) is 4.22. The van der Waals surface area contributed by atoms with Gasteiger partial charge < -0.3 is 20.6 Å². The Morgan fingerprint density at radius 1 is 0.675 bits per heavy atom. The Kier molecular flexibility index (Phi) is 9.22. The Labute approximate surface area is 238 Å². The Morgan fingerprint density at radius 2 is 1.07 bits per heavy atom. The highest BCUT2D eigenvalue weighted by Crippen LogP contribution is 2.28. The van der Waals surface area contributed by atoms with E-state index in [-0.39, 0.29) is 34.4 Å². The normalized spacial score (nSPS) is 10.8. The molecule has 0 aliphatic rings. The van der Waals surface area contributed by atoms with Gasteiger partial charge in [-0.25, -0.2) is 9.97 Å². The molecule has 0 radical (unpaired) electrons. The summed E-state index contributed by atoms with van der Waals surface area (Å²) in [5, 5.41) is 6.62. The minimum absolute atomic E-state index is 0.109. The molecule has 40 heavy (non-hydrogen) atoms. The molecule has 12 heteroatoms. The fourth-order valence-corrected chi connectivity index (χ4v) is 5.29. The molecule has 0 spiro atoms. The van der Waals surface area contributed by atoms with E-state index in [9.17, 15) is 19.2 Å². The van der Waals surface area contributed by atoms with Crippen molar-refractivity contribution in [3.63, 3.8) is 0 Å². The summed E-state index contributed by atoms with van der Waals surface area (Å²) in [6.07, 6.45) is 0. The van der Waals surface area contributed by atoms with Crippen molar-refractivity contribution in [2.45, 2.75) is 38.0 Å². The number of nitrogens with one attached hydrogen (secondary N) is 4. The summed E-state index contributed by atoms with van der Waals surface area (Å²) >= 11 is 2.33. The monoisotopic (exact) mass is 576 g/mol. The van der Waals surface area contributed by atoms with Crippen molar-refractivity contribution in [3.8, 4) is 11.1 Å². The zero-order valence-electron chi connectivity index (χ0n) is 22.4. The molecule has 0 atom stereocenters. The molecule has 0 unspecified atom stereocenters. The van der Waals surface area contributed by atoms with E-state index in [0.717, 1.165) is 45.8 Å². The zero-order valence-corrected chi connectivity index (χ0v) is 24.0. The number of hydrogen-bond donors (Lipinski definition) is 4. The van der Waals surface area contributed by atoms with E-state index in [4.69, 9.17) is 0 Å². The zero-order chi connectivity index (χ0) is 28.8. The summed E-state index contributed by atoms with van der Waals surface area (Å²) in [4.78, 5) is 61.8. The van der Waals surface area contributed by atoms with Crippen LogP contribution in [0.1, 0.15) is 22.5 Å². The van der Waals surface area contributed by atoms with Crippen LogP contribution in [0, 0.1) is 27.7 Å². The van der Waals surface area contributed by atoms with E-state index in [1.165, 1.54) is 12.1 Å². The Hall–Kier alpha value is -4.16. The number of aromatic amines is 2. The molecule has 0 saturated heterocycles. The van der Waals surface area contributed by atoms with Gasteiger partial charge in [0.25, 0.3) is 11.1 Å². The number of thioether (sulfide) groups is 2. The van der Waals surface area contributed by atoms with E-state index >= 15 is 0 Å². The van der Waals surface area contributed by atoms with E-state index in [1.807, 2.05) is 50.2 Å². The molecule has 2 aromatic heterocycles. The van der Waals surface area contributed by atoms with Gasteiger partial charge in [0.1, 0.15) is 0 Å². The molecule has 206 valence electrons. The highest BCUT2D eigenvalue weighted by molar-refractivity contribution is 8.00. The maximum Gasteiger partial charge on any atom is 0.251 e. The summed E-state index contributed by atoms with van der Waals surface area (Å²) < 4.78 is 0. The standard InChI is InChI=1S/C28H28N6O4S2/c1-15-9-19(5-7-21(15)31-25(37)13-39-27-29-17(3)11-23(35)33-27)20-6-8-22(16(2)10-20)32-26(38)14-40-28-30-18(4)12-24(36)34-28/h5-12H,13-14H2,1-4H3,(H,31,37)(H,32,38)(H,29,33,35)(H,30,34,36). The van der Waals surface area contributed by atoms with Gasteiger partial charge in [0.15, 0.2) is 10.3 Å². The van der Waals surface area contributed by atoms with Crippen LogP contribution in [0.2, 0.25) is 0 Å². The minimum Gasteiger partial charge on any atom is -0.325 e. The maximum atomic E-state index is 12.5. The van der Waals surface area contributed by atoms with E-state index in [2.05, 4.69) is 30.6 Å². The largest absolute Gasteiger partial charge is 0.325 e. The number of carbonyl (C=O) groups is 2. The first-order chi connectivity index (χ1) is 19.0. The van der Waals surface area contributed by atoms with Crippen LogP contribution in [0.25, 0.3) is 11.1 Å². The number of aromatic nitrogens is 4. The van der Waals surface area contributed by atoms with Crippen LogP contribution in [0.4, 0.5) is 11.4 Å². The third-order valence-corrected chi connectivity index (χ3v) is 7.46. The first-order valence-corrected chi connectivity index (χ1v) is 14.3. The number of benzene rings is 2. The smallest absolute Gasteiger partial charge is 0.251 e. The number of aryl methyl sites for hydroxylation is 4. The van der Waals surface area contributed by atoms with Gasteiger partial charge in [-0.2, -0.15) is 0 Å². The van der Waals surface area contributed by atoms with Crippen molar-refractivity contribution < 1.29 is 9.59 Å². The van der Waals surface area contributed by atoms with Crippen LogP contribution in [-0.4, -0.2) is 43.3 Å². The molecule has 0 aliphatic carbocycles. The number of amides is 2. The Morgan fingerprint density at radius 3 is 1.43 bits per heavy atom. The van der Waals surface area contributed by atoms with Crippen molar-refractivity contribution in [1.29, 1.82) is 0 Å². The highest BCUT2D eigenvalue weighted by atomic mass is 32.2. The van der Waals surface area contributed by atoms with Gasteiger partial charge in [-0.15, -0.1) is 0 Å². The topological polar surface area (TPSA) is 150 Å². The second-order valence-corrected chi connectivity index (χ2v) is 11.0. The molecule has 0 fully saturated rings. The number of carbonyl (C=O) groups excluding carboxylic acids is 2. The molecule has 0 bridgehead atoms. The number of anilines is 2. The average Bonchev–Trinajstić information content (AvgIpc) is 2.87. The van der Waals surface area contributed by atoms with E-state index in [1.54, 1.807) is 13.8 Å². The van der Waals surface area contributed by atoms with Gasteiger partial charge in [-0.05, 0) is 74.2 Å². The van der Waals surface area contributed by atoms with Gasteiger partial charge in [0.05, 0.1) is 11.5 Å². The van der Waals surface area contributed by atoms with Gasteiger partial charge in [0.2, 0.25) is 11.8 Å². The van der Waals surface area contributed by atoms with Crippen molar-refractivity contribution >= 4 is 46.7 Å². The Bertz CT molecular complexity index is 1570. The lowest BCUT2D eigenvalue weighted by Gasteiger charge is -2.13. The summed E-state index contributed by atoms with van der Waals surface area (Å²) in [5.41, 5.74) is 5.82. The molecule has 0 aliphatic heterocycles. The van der Waals surface area contributed by atoms with Crippen LogP contribution in [0.15, 0.2) is 68.4 Å². The van der Waals surface area contributed by atoms with Crippen molar-refractivity contribution in [3.05, 3.63) is 91.8 Å². The third kappa shape index (κ3) is 7.93. The highest BCUT2D eigenvalue weighted by Gasteiger charge is 2.11. The van der Waals surface area contributed by atoms with Crippen molar-refractivity contribution in [2.75, 3.05) is 22.1 Å². The third-order valence-electron chi connectivity index (χ3n) is 5.71. The summed E-state index contributed by atoms with van der Waals surface area (Å²) in [6.45, 7) is 7.29. The van der Waals surface area contributed by atoms with E-state index < -0.39 is 0 Å². The number of H-pyrrole nitrogens is 2. The van der Waals surface area contributed by atoms with Crippen LogP contribution < -0.4 is 21.8 Å². The predicted molar refractivity (Wildman–Crippen MR) is 159 cm³/mol. The number of rotatable bonds is 9.